The maximum atomic E-state index is 13.4. The third-order valence-electron chi connectivity index (χ3n) is 10.8. The molecule has 3 rings (SSSR count). The normalized spacial score (nSPS) is 21.4. The number of hydrogen-bond donors (Lipinski definition) is 2. The molecule has 0 heterocycles. The van der Waals surface area contributed by atoms with Crippen LogP contribution in [0, 0.1) is 17.8 Å². The summed E-state index contributed by atoms with van der Waals surface area (Å²) < 4.78 is 13.2. The summed E-state index contributed by atoms with van der Waals surface area (Å²) in [5.74, 6) is -0.591. The van der Waals surface area contributed by atoms with Crippen molar-refractivity contribution < 1.29 is 29.0 Å². The largest absolute Gasteiger partial charge is 0.481 e. The minimum absolute atomic E-state index is 0.0242. The topological polar surface area (TPSA) is 93.1 Å². The molecule has 1 saturated carbocycles. The van der Waals surface area contributed by atoms with Crippen molar-refractivity contribution in [2.45, 2.75) is 148 Å². The number of aliphatic hydroxyl groups excluding tert-OH is 1. The quantitative estimate of drug-likeness (QED) is 0.0880. The lowest BCUT2D eigenvalue weighted by Crippen LogP contribution is -2.45. The van der Waals surface area contributed by atoms with E-state index in [9.17, 15) is 14.7 Å². The average molecular weight is 667 g/mol. The van der Waals surface area contributed by atoms with Gasteiger partial charge in [-0.05, 0) is 85.3 Å². The Morgan fingerprint density at radius 2 is 1.51 bits per heavy atom. The molecule has 0 bridgehead atoms. The Morgan fingerprint density at radius 3 is 2.13 bits per heavy atom. The zero-order valence-electron chi connectivity index (χ0n) is 30.2. The Labute approximate surface area is 285 Å². The fraction of sp³-hybridized carbons (Fsp3) is 0.650. The van der Waals surface area contributed by atoms with Crippen LogP contribution >= 0.6 is 0 Å². The highest BCUT2D eigenvalue weighted by molar-refractivity contribution is 6.74. The van der Waals surface area contributed by atoms with E-state index >= 15 is 0 Å². The lowest BCUT2D eigenvalue weighted by molar-refractivity contribution is -0.137. The molecule has 3 unspecified atom stereocenters. The molecule has 6 nitrogen and oxygen atoms in total. The molecule has 0 amide bonds. The van der Waals surface area contributed by atoms with Crippen LogP contribution in [0.1, 0.15) is 122 Å². The Kier molecular flexibility index (Phi) is 15.2. The monoisotopic (exact) mass is 666 g/mol. The van der Waals surface area contributed by atoms with Crippen LogP contribution in [0.25, 0.3) is 11.1 Å². The number of aliphatic hydroxyl groups is 1. The summed E-state index contributed by atoms with van der Waals surface area (Å²) in [7, 11) is -2.00. The molecule has 0 spiro atoms. The van der Waals surface area contributed by atoms with E-state index in [0.29, 0.717) is 24.3 Å². The van der Waals surface area contributed by atoms with Gasteiger partial charge in [-0.3, -0.25) is 4.79 Å². The lowest BCUT2D eigenvalue weighted by atomic mass is 9.83. The maximum Gasteiger partial charge on any atom is 0.338 e. The SMILES string of the molecule is CCCCC(C)C(CC[C@H]1C(O)C[C@H](OC(=O)c2ccc(-c3ccccc3)cc2)[C@@H]1CCCCCCC(=O)O)O[Si](C)(C)C(C)(C)C. The molecule has 1 aliphatic carbocycles. The number of unbranched alkanes of at least 4 members (excludes halogenated alkanes) is 4. The Hall–Kier alpha value is -2.48. The van der Waals surface area contributed by atoms with E-state index in [-0.39, 0.29) is 41.5 Å². The van der Waals surface area contributed by atoms with Gasteiger partial charge < -0.3 is 19.4 Å². The number of rotatable bonds is 19. The van der Waals surface area contributed by atoms with Gasteiger partial charge in [-0.2, -0.15) is 0 Å². The average Bonchev–Trinajstić information content (AvgIpc) is 3.32. The van der Waals surface area contributed by atoms with Crippen molar-refractivity contribution in [2.75, 3.05) is 0 Å². The van der Waals surface area contributed by atoms with E-state index in [1.807, 2.05) is 54.6 Å². The van der Waals surface area contributed by atoms with Gasteiger partial charge in [0.2, 0.25) is 0 Å². The Morgan fingerprint density at radius 1 is 0.872 bits per heavy atom. The maximum absolute atomic E-state index is 13.4. The summed E-state index contributed by atoms with van der Waals surface area (Å²) in [6, 6.07) is 17.6. The van der Waals surface area contributed by atoms with Gasteiger partial charge in [-0.1, -0.05) is 109 Å². The first-order valence-electron chi connectivity index (χ1n) is 18.2. The molecule has 0 aromatic heterocycles. The van der Waals surface area contributed by atoms with Crippen LogP contribution in [0.4, 0.5) is 0 Å². The summed E-state index contributed by atoms with van der Waals surface area (Å²) in [5.41, 5.74) is 2.65. The molecule has 7 heteroatoms. The van der Waals surface area contributed by atoms with Gasteiger partial charge in [0.25, 0.3) is 0 Å². The fourth-order valence-electron chi connectivity index (χ4n) is 6.82. The van der Waals surface area contributed by atoms with Gasteiger partial charge in [-0.25, -0.2) is 4.79 Å². The molecular weight excluding hydrogens is 605 g/mol. The molecule has 0 saturated heterocycles. The van der Waals surface area contributed by atoms with E-state index in [0.717, 1.165) is 62.5 Å². The Bertz CT molecular complexity index is 1220. The zero-order valence-corrected chi connectivity index (χ0v) is 31.2. The van der Waals surface area contributed by atoms with E-state index in [1.165, 1.54) is 6.42 Å². The molecule has 262 valence electrons. The predicted molar refractivity (Wildman–Crippen MR) is 194 cm³/mol. The summed E-state index contributed by atoms with van der Waals surface area (Å²) in [4.78, 5) is 24.4. The number of benzene rings is 2. The minimum atomic E-state index is -2.00. The molecule has 47 heavy (non-hydrogen) atoms. The van der Waals surface area contributed by atoms with Crippen molar-refractivity contribution in [3.05, 3.63) is 60.2 Å². The molecule has 0 radical (unpaired) electrons. The van der Waals surface area contributed by atoms with Crippen molar-refractivity contribution in [2.24, 2.45) is 17.8 Å². The summed E-state index contributed by atoms with van der Waals surface area (Å²) >= 11 is 0. The van der Waals surface area contributed by atoms with Crippen LogP contribution in [0.3, 0.4) is 0 Å². The third kappa shape index (κ3) is 11.9. The van der Waals surface area contributed by atoms with Crippen LogP contribution in [0.5, 0.6) is 0 Å². The Balaban J connectivity index is 1.74. The number of esters is 1. The predicted octanol–water partition coefficient (Wildman–Crippen LogP) is 10.3. The molecule has 1 aliphatic rings. The zero-order chi connectivity index (χ0) is 34.6. The van der Waals surface area contributed by atoms with Crippen LogP contribution in [-0.2, 0) is 14.0 Å². The van der Waals surface area contributed by atoms with Crippen molar-refractivity contribution in [3.63, 3.8) is 0 Å². The van der Waals surface area contributed by atoms with Gasteiger partial charge in [0.05, 0.1) is 11.7 Å². The van der Waals surface area contributed by atoms with Crippen LogP contribution in [0.15, 0.2) is 54.6 Å². The number of carbonyl (C=O) groups is 2. The molecule has 1 fully saturated rings. The van der Waals surface area contributed by atoms with Crippen molar-refractivity contribution >= 4 is 20.3 Å². The van der Waals surface area contributed by atoms with Gasteiger partial charge in [0.1, 0.15) is 6.10 Å². The minimum Gasteiger partial charge on any atom is -0.481 e. The van der Waals surface area contributed by atoms with Gasteiger partial charge in [0.15, 0.2) is 8.32 Å². The van der Waals surface area contributed by atoms with Gasteiger partial charge in [0, 0.05) is 24.9 Å². The second-order valence-electron chi connectivity index (χ2n) is 15.5. The first-order chi connectivity index (χ1) is 22.2. The highest BCUT2D eigenvalue weighted by Gasteiger charge is 2.45. The van der Waals surface area contributed by atoms with Crippen LogP contribution in [-0.4, -0.2) is 48.8 Å². The second-order valence-corrected chi connectivity index (χ2v) is 20.2. The van der Waals surface area contributed by atoms with E-state index < -0.39 is 20.4 Å². The van der Waals surface area contributed by atoms with E-state index in [2.05, 4.69) is 47.7 Å². The number of carbonyl (C=O) groups excluding carboxylic acids is 1. The van der Waals surface area contributed by atoms with Crippen molar-refractivity contribution in [1.82, 2.24) is 0 Å². The first kappa shape index (κ1) is 39.0. The van der Waals surface area contributed by atoms with Crippen LogP contribution < -0.4 is 0 Å². The summed E-state index contributed by atoms with van der Waals surface area (Å²) in [6.45, 7) is 16.1. The van der Waals surface area contributed by atoms with Crippen LogP contribution in [0.2, 0.25) is 18.1 Å². The lowest BCUT2D eigenvalue weighted by Gasteiger charge is -2.41. The molecule has 0 aliphatic heterocycles. The molecular formula is C40H62O6Si. The second kappa shape index (κ2) is 18.3. The van der Waals surface area contributed by atoms with Gasteiger partial charge in [-0.15, -0.1) is 0 Å². The highest BCUT2D eigenvalue weighted by Crippen LogP contribution is 2.43. The van der Waals surface area contributed by atoms with E-state index in [1.54, 1.807) is 0 Å². The molecule has 2 aromatic carbocycles. The first-order valence-corrected chi connectivity index (χ1v) is 21.1. The molecule has 2 N–H and O–H groups in total. The summed E-state index contributed by atoms with van der Waals surface area (Å²) in [6.07, 6.45) is 9.31. The van der Waals surface area contributed by atoms with E-state index in [4.69, 9.17) is 14.3 Å². The van der Waals surface area contributed by atoms with Gasteiger partial charge >= 0.3 is 11.9 Å². The smallest absolute Gasteiger partial charge is 0.338 e. The molecule has 6 atom stereocenters. The third-order valence-corrected chi connectivity index (χ3v) is 15.3. The standard InChI is InChI=1S/C40H62O6Si/c1-8-9-17-29(2)36(46-47(6,7)40(3,4)5)27-26-33-34(20-15-10-11-16-21-38(42)43)37(28-35(33)41)45-39(44)32-24-22-31(23-25-32)30-18-13-12-14-19-30/h12-14,18-19,22-25,29,33-37,41H,8-11,15-17,20-21,26-28H2,1-7H3,(H,42,43)/t29?,33-,34-,35?,36?,37+/m1/s1. The van der Waals surface area contributed by atoms with Crippen molar-refractivity contribution in [1.29, 1.82) is 0 Å². The number of carboxylic acid groups (broad SMARTS) is 1. The van der Waals surface area contributed by atoms with Crippen molar-refractivity contribution in [3.8, 4) is 11.1 Å². The summed E-state index contributed by atoms with van der Waals surface area (Å²) in [5, 5.41) is 20.6. The molecule has 2 aromatic rings. The number of aliphatic carboxylic acids is 1. The highest BCUT2D eigenvalue weighted by atomic mass is 28.4. The number of hydrogen-bond acceptors (Lipinski definition) is 5. The number of ether oxygens (including phenoxy) is 1. The number of carboxylic acids is 1. The fourth-order valence-corrected chi connectivity index (χ4v) is 8.28.